The molecule has 122 valence electrons. The molecule has 1 aliphatic heterocycles. The Kier molecular flexibility index (Phi) is 5.29. The first-order valence-electron chi connectivity index (χ1n) is 7.78. The van der Waals surface area contributed by atoms with E-state index >= 15 is 0 Å². The normalized spacial score (nSPS) is 18.6. The third kappa shape index (κ3) is 4.63. The van der Waals surface area contributed by atoms with Crippen LogP contribution in [0.2, 0.25) is 0 Å². The molecule has 0 aliphatic carbocycles. The van der Waals surface area contributed by atoms with E-state index in [1.165, 1.54) is 12.0 Å². The maximum Gasteiger partial charge on any atom is 0.412 e. The number of carbonyl (C=O) groups is 1. The first-order valence-corrected chi connectivity index (χ1v) is 7.78. The smallest absolute Gasteiger partial charge is 0.412 e. The van der Waals surface area contributed by atoms with Gasteiger partial charge in [0.1, 0.15) is 11.4 Å². The summed E-state index contributed by atoms with van der Waals surface area (Å²) in [5, 5.41) is 6.16. The molecule has 1 amide bonds. The second-order valence-electron chi connectivity index (χ2n) is 6.63. The van der Waals surface area contributed by atoms with E-state index in [1.54, 1.807) is 7.11 Å². The molecule has 2 rings (SSSR count). The van der Waals surface area contributed by atoms with Crippen molar-refractivity contribution < 1.29 is 14.3 Å². The molecule has 1 heterocycles. The van der Waals surface area contributed by atoms with Crippen LogP contribution in [0.4, 0.5) is 10.5 Å². The molecule has 0 saturated carbocycles. The summed E-state index contributed by atoms with van der Waals surface area (Å²) in [6.07, 6.45) is 1.87. The topological polar surface area (TPSA) is 59.6 Å². The molecule has 2 N–H and O–H groups in total. The van der Waals surface area contributed by atoms with Gasteiger partial charge in [0.15, 0.2) is 0 Å². The summed E-state index contributed by atoms with van der Waals surface area (Å²) in [6.45, 7) is 7.57. The van der Waals surface area contributed by atoms with E-state index in [2.05, 4.69) is 10.6 Å². The van der Waals surface area contributed by atoms with Crippen LogP contribution in [-0.2, 0) is 4.74 Å². The van der Waals surface area contributed by atoms with Gasteiger partial charge in [-0.1, -0.05) is 6.07 Å². The van der Waals surface area contributed by atoms with Gasteiger partial charge in [-0.3, -0.25) is 5.32 Å². The van der Waals surface area contributed by atoms with E-state index in [0.717, 1.165) is 25.3 Å². The van der Waals surface area contributed by atoms with Crippen LogP contribution in [0.1, 0.15) is 45.1 Å². The molecule has 1 saturated heterocycles. The number of benzene rings is 1. The van der Waals surface area contributed by atoms with Gasteiger partial charge in [0, 0.05) is 24.2 Å². The average Bonchev–Trinajstić information content (AvgIpc) is 2.46. The maximum absolute atomic E-state index is 11.8. The molecule has 1 unspecified atom stereocenters. The minimum absolute atomic E-state index is 0.457. The standard InChI is InChI=1S/C17H26N2O3/c1-17(2,3)22-16(20)19-13-7-8-14(15(10-13)21-4)12-6-5-9-18-11-12/h7-8,10,12,18H,5-6,9,11H2,1-4H3,(H,19,20). The summed E-state index contributed by atoms with van der Waals surface area (Å²) in [6, 6.07) is 5.79. The van der Waals surface area contributed by atoms with E-state index in [0.29, 0.717) is 11.6 Å². The Labute approximate surface area is 132 Å². The highest BCUT2D eigenvalue weighted by Crippen LogP contribution is 2.33. The summed E-state index contributed by atoms with van der Waals surface area (Å²) >= 11 is 0. The van der Waals surface area contributed by atoms with E-state index in [-0.39, 0.29) is 0 Å². The Morgan fingerprint density at radius 1 is 1.36 bits per heavy atom. The Hall–Kier alpha value is -1.75. The second kappa shape index (κ2) is 7.01. The van der Waals surface area contributed by atoms with Crippen LogP contribution in [0.5, 0.6) is 5.75 Å². The quantitative estimate of drug-likeness (QED) is 0.897. The zero-order valence-corrected chi connectivity index (χ0v) is 13.9. The molecule has 5 nitrogen and oxygen atoms in total. The SMILES string of the molecule is COc1cc(NC(=O)OC(C)(C)C)ccc1C1CCCNC1. The third-order valence-corrected chi connectivity index (χ3v) is 3.62. The van der Waals surface area contributed by atoms with Gasteiger partial charge in [-0.2, -0.15) is 0 Å². The molecular formula is C17H26N2O3. The highest BCUT2D eigenvalue weighted by Gasteiger charge is 2.20. The first kappa shape index (κ1) is 16.6. The number of ether oxygens (including phenoxy) is 2. The Morgan fingerprint density at radius 3 is 2.73 bits per heavy atom. The fraction of sp³-hybridized carbons (Fsp3) is 0.588. The summed E-state index contributed by atoms with van der Waals surface area (Å²) in [5.74, 6) is 1.27. The van der Waals surface area contributed by atoms with Gasteiger partial charge in [-0.25, -0.2) is 4.79 Å². The highest BCUT2D eigenvalue weighted by molar-refractivity contribution is 5.85. The van der Waals surface area contributed by atoms with Crippen LogP contribution in [0.25, 0.3) is 0 Å². The number of amides is 1. The zero-order chi connectivity index (χ0) is 16.2. The number of methoxy groups -OCH3 is 1. The molecule has 0 radical (unpaired) electrons. The average molecular weight is 306 g/mol. The van der Waals surface area contributed by atoms with Crippen molar-refractivity contribution in [1.82, 2.24) is 5.32 Å². The molecule has 5 heteroatoms. The number of hydrogen-bond donors (Lipinski definition) is 2. The number of carbonyl (C=O) groups excluding carboxylic acids is 1. The van der Waals surface area contributed by atoms with Crippen molar-refractivity contribution in [1.29, 1.82) is 0 Å². The van der Waals surface area contributed by atoms with Crippen molar-refractivity contribution in [3.63, 3.8) is 0 Å². The second-order valence-corrected chi connectivity index (χ2v) is 6.63. The van der Waals surface area contributed by atoms with Crippen LogP contribution in [-0.4, -0.2) is 31.9 Å². The molecule has 1 atom stereocenters. The molecule has 22 heavy (non-hydrogen) atoms. The minimum atomic E-state index is -0.512. The molecule has 0 spiro atoms. The minimum Gasteiger partial charge on any atom is -0.496 e. The van der Waals surface area contributed by atoms with Crippen molar-refractivity contribution >= 4 is 11.8 Å². The van der Waals surface area contributed by atoms with E-state index < -0.39 is 11.7 Å². The molecule has 0 aromatic heterocycles. The largest absolute Gasteiger partial charge is 0.496 e. The van der Waals surface area contributed by atoms with Gasteiger partial charge in [-0.05, 0) is 51.8 Å². The van der Waals surface area contributed by atoms with Crippen molar-refractivity contribution in [2.45, 2.75) is 45.1 Å². The van der Waals surface area contributed by atoms with E-state index in [1.807, 2.05) is 39.0 Å². The number of anilines is 1. The van der Waals surface area contributed by atoms with Crippen LogP contribution in [0, 0.1) is 0 Å². The molecule has 1 fully saturated rings. The molecule has 1 aliphatic rings. The summed E-state index contributed by atoms with van der Waals surface area (Å²) in [5.41, 5.74) is 1.35. The van der Waals surface area contributed by atoms with E-state index in [4.69, 9.17) is 9.47 Å². The molecule has 0 bridgehead atoms. The fourth-order valence-electron chi connectivity index (χ4n) is 2.66. The van der Waals surface area contributed by atoms with E-state index in [9.17, 15) is 4.79 Å². The number of nitrogens with one attached hydrogen (secondary N) is 2. The maximum atomic E-state index is 11.8. The molecule has 1 aromatic carbocycles. The van der Waals surface area contributed by atoms with Crippen molar-refractivity contribution in [2.24, 2.45) is 0 Å². The van der Waals surface area contributed by atoms with Gasteiger partial charge >= 0.3 is 6.09 Å². The summed E-state index contributed by atoms with van der Waals surface area (Å²) < 4.78 is 10.8. The summed E-state index contributed by atoms with van der Waals surface area (Å²) in [7, 11) is 1.66. The predicted molar refractivity (Wildman–Crippen MR) is 87.7 cm³/mol. The van der Waals surface area contributed by atoms with Gasteiger partial charge < -0.3 is 14.8 Å². The van der Waals surface area contributed by atoms with Crippen molar-refractivity contribution in [3.8, 4) is 5.75 Å². The Bertz CT molecular complexity index is 517. The first-order chi connectivity index (χ1) is 10.4. The Morgan fingerprint density at radius 2 is 2.14 bits per heavy atom. The third-order valence-electron chi connectivity index (χ3n) is 3.62. The zero-order valence-electron chi connectivity index (χ0n) is 13.9. The molecular weight excluding hydrogens is 280 g/mol. The fourth-order valence-corrected chi connectivity index (χ4v) is 2.66. The number of piperidine rings is 1. The van der Waals surface area contributed by atoms with Crippen LogP contribution >= 0.6 is 0 Å². The lowest BCUT2D eigenvalue weighted by atomic mass is 9.91. The number of hydrogen-bond acceptors (Lipinski definition) is 4. The predicted octanol–water partition coefficient (Wildman–Crippen LogP) is 3.51. The van der Waals surface area contributed by atoms with Gasteiger partial charge in [0.2, 0.25) is 0 Å². The van der Waals surface area contributed by atoms with Gasteiger partial charge in [0.05, 0.1) is 7.11 Å². The van der Waals surface area contributed by atoms with Crippen LogP contribution in [0.3, 0.4) is 0 Å². The van der Waals surface area contributed by atoms with Gasteiger partial charge in [0.25, 0.3) is 0 Å². The monoisotopic (exact) mass is 306 g/mol. The highest BCUT2D eigenvalue weighted by atomic mass is 16.6. The lowest BCUT2D eigenvalue weighted by molar-refractivity contribution is 0.0636. The lowest BCUT2D eigenvalue weighted by Gasteiger charge is -2.25. The van der Waals surface area contributed by atoms with Gasteiger partial charge in [-0.15, -0.1) is 0 Å². The van der Waals surface area contributed by atoms with Crippen molar-refractivity contribution in [3.05, 3.63) is 23.8 Å². The Balaban J connectivity index is 2.09. The number of rotatable bonds is 3. The molecule has 1 aromatic rings. The van der Waals surface area contributed by atoms with Crippen LogP contribution in [0.15, 0.2) is 18.2 Å². The van der Waals surface area contributed by atoms with Crippen LogP contribution < -0.4 is 15.4 Å². The van der Waals surface area contributed by atoms with Crippen molar-refractivity contribution in [2.75, 3.05) is 25.5 Å². The lowest BCUT2D eigenvalue weighted by Crippen LogP contribution is -2.28. The summed E-state index contributed by atoms with van der Waals surface area (Å²) in [4.78, 5) is 11.8.